The average Bonchev–Trinajstić information content (AvgIpc) is 2.59. The fraction of sp³-hybridized carbons (Fsp3) is 0.750. The van der Waals surface area contributed by atoms with Gasteiger partial charge in [-0.2, -0.15) is 0 Å². The van der Waals surface area contributed by atoms with Crippen molar-refractivity contribution in [1.82, 2.24) is 9.88 Å². The summed E-state index contributed by atoms with van der Waals surface area (Å²) in [4.78, 5) is 8.32. The van der Waals surface area contributed by atoms with Crippen LogP contribution in [0, 0.1) is 6.92 Å². The van der Waals surface area contributed by atoms with Gasteiger partial charge in [-0.1, -0.05) is 6.92 Å². The van der Waals surface area contributed by atoms with Crippen LogP contribution in [-0.4, -0.2) is 29.5 Å². The van der Waals surface area contributed by atoms with Gasteiger partial charge in [0.15, 0.2) is 5.13 Å². The molecule has 1 aromatic heterocycles. The van der Waals surface area contributed by atoms with Crippen LogP contribution in [0.2, 0.25) is 0 Å². The van der Waals surface area contributed by atoms with Crippen molar-refractivity contribution in [2.45, 2.75) is 39.0 Å². The smallest absolute Gasteiger partial charge is 0.180 e. The fourth-order valence-corrected chi connectivity index (χ4v) is 3.56. The number of aryl methyl sites for hydroxylation is 1. The predicted molar refractivity (Wildman–Crippen MR) is 70.0 cm³/mol. The maximum Gasteiger partial charge on any atom is 0.180 e. The van der Waals surface area contributed by atoms with Gasteiger partial charge in [0.1, 0.15) is 0 Å². The van der Waals surface area contributed by atoms with Gasteiger partial charge in [0.05, 0.1) is 5.69 Å². The Bertz CT molecular complexity index is 346. The molecule has 0 amide bonds. The molecule has 3 nitrogen and oxygen atoms in total. The summed E-state index contributed by atoms with van der Waals surface area (Å²) in [5, 5.41) is 0.722. The monoisotopic (exact) mass is 239 g/mol. The van der Waals surface area contributed by atoms with Gasteiger partial charge < -0.3 is 10.6 Å². The highest BCUT2D eigenvalue weighted by atomic mass is 32.1. The molecule has 1 aliphatic heterocycles. The van der Waals surface area contributed by atoms with Crippen molar-refractivity contribution in [2.24, 2.45) is 0 Å². The Hall–Kier alpha value is -0.610. The second kappa shape index (κ2) is 5.15. The van der Waals surface area contributed by atoms with Gasteiger partial charge in [0, 0.05) is 17.3 Å². The van der Waals surface area contributed by atoms with Crippen molar-refractivity contribution >= 4 is 16.5 Å². The van der Waals surface area contributed by atoms with Gasteiger partial charge in [0.2, 0.25) is 0 Å². The molecule has 1 atom stereocenters. The summed E-state index contributed by atoms with van der Waals surface area (Å²) in [5.74, 6) is 0.662. The number of nitrogens with two attached hydrogens (primary N) is 1. The van der Waals surface area contributed by atoms with E-state index in [2.05, 4.69) is 23.7 Å². The van der Waals surface area contributed by atoms with Crippen LogP contribution in [0.25, 0.3) is 0 Å². The minimum absolute atomic E-state index is 0.662. The van der Waals surface area contributed by atoms with Gasteiger partial charge in [-0.3, -0.25) is 0 Å². The second-order valence-electron chi connectivity index (χ2n) is 4.64. The van der Waals surface area contributed by atoms with Crippen molar-refractivity contribution in [3.63, 3.8) is 0 Å². The minimum Gasteiger partial charge on any atom is -0.375 e. The van der Waals surface area contributed by atoms with E-state index in [9.17, 15) is 0 Å². The van der Waals surface area contributed by atoms with E-state index in [0.29, 0.717) is 5.92 Å². The molecule has 0 aromatic carbocycles. The Labute approximate surface area is 102 Å². The van der Waals surface area contributed by atoms with Gasteiger partial charge in [0.25, 0.3) is 0 Å². The van der Waals surface area contributed by atoms with Gasteiger partial charge in [-0.25, -0.2) is 4.98 Å². The number of anilines is 1. The molecule has 0 bridgehead atoms. The van der Waals surface area contributed by atoms with Crippen LogP contribution in [0.1, 0.15) is 42.7 Å². The third kappa shape index (κ3) is 2.55. The largest absolute Gasteiger partial charge is 0.375 e. The molecule has 16 heavy (non-hydrogen) atoms. The van der Waals surface area contributed by atoms with Crippen molar-refractivity contribution in [2.75, 3.05) is 25.4 Å². The molecular weight excluding hydrogens is 218 g/mol. The molecule has 0 saturated carbocycles. The van der Waals surface area contributed by atoms with Crippen molar-refractivity contribution in [1.29, 1.82) is 0 Å². The van der Waals surface area contributed by atoms with E-state index in [4.69, 9.17) is 5.73 Å². The van der Waals surface area contributed by atoms with Crippen LogP contribution in [0.15, 0.2) is 0 Å². The van der Waals surface area contributed by atoms with E-state index in [0.717, 1.165) is 10.8 Å². The first-order valence-electron chi connectivity index (χ1n) is 6.16. The molecular formula is C12H21N3S. The molecule has 0 radical (unpaired) electrons. The summed E-state index contributed by atoms with van der Waals surface area (Å²) in [5.41, 5.74) is 6.92. The Morgan fingerprint density at radius 3 is 3.00 bits per heavy atom. The van der Waals surface area contributed by atoms with Crippen LogP contribution in [-0.2, 0) is 0 Å². The average molecular weight is 239 g/mol. The normalized spacial score (nSPS) is 22.5. The maximum absolute atomic E-state index is 5.77. The molecule has 1 fully saturated rings. The lowest BCUT2D eigenvalue weighted by Gasteiger charge is -2.32. The quantitative estimate of drug-likeness (QED) is 0.881. The third-order valence-corrected chi connectivity index (χ3v) is 4.41. The summed E-state index contributed by atoms with van der Waals surface area (Å²) in [6.45, 7) is 8.01. The summed E-state index contributed by atoms with van der Waals surface area (Å²) in [6, 6.07) is 0. The number of rotatable bonds is 3. The molecule has 0 spiro atoms. The lowest BCUT2D eigenvalue weighted by molar-refractivity contribution is 0.209. The van der Waals surface area contributed by atoms with Crippen LogP contribution >= 0.6 is 11.3 Å². The van der Waals surface area contributed by atoms with E-state index in [-0.39, 0.29) is 0 Å². The topological polar surface area (TPSA) is 42.1 Å². The molecule has 2 N–H and O–H groups in total. The number of nitrogen functional groups attached to an aromatic ring is 1. The summed E-state index contributed by atoms with van der Waals surface area (Å²) >= 11 is 1.68. The van der Waals surface area contributed by atoms with Gasteiger partial charge >= 0.3 is 0 Å². The number of hydrogen-bond donors (Lipinski definition) is 1. The summed E-state index contributed by atoms with van der Waals surface area (Å²) < 4.78 is 0. The predicted octanol–water partition coefficient (Wildman–Crippen LogP) is 2.62. The first-order valence-corrected chi connectivity index (χ1v) is 6.97. The molecule has 1 aliphatic rings. The Morgan fingerprint density at radius 1 is 1.56 bits per heavy atom. The Morgan fingerprint density at radius 2 is 2.38 bits per heavy atom. The highest BCUT2D eigenvalue weighted by Crippen LogP contribution is 2.34. The molecule has 2 heterocycles. The van der Waals surface area contributed by atoms with Gasteiger partial charge in [-0.15, -0.1) is 11.3 Å². The van der Waals surface area contributed by atoms with E-state index in [1.807, 2.05) is 0 Å². The van der Waals surface area contributed by atoms with Gasteiger partial charge in [-0.05, 0) is 39.3 Å². The maximum atomic E-state index is 5.77. The van der Waals surface area contributed by atoms with E-state index < -0.39 is 0 Å². The molecule has 1 saturated heterocycles. The van der Waals surface area contributed by atoms with Crippen molar-refractivity contribution < 1.29 is 0 Å². The van der Waals surface area contributed by atoms with E-state index in [1.165, 1.54) is 43.8 Å². The lowest BCUT2D eigenvalue weighted by Crippen LogP contribution is -2.34. The first kappa shape index (κ1) is 11.9. The SMILES string of the molecule is CCCN1CCCC(c2sc(N)nc2C)C1. The zero-order valence-corrected chi connectivity index (χ0v) is 11.0. The first-order chi connectivity index (χ1) is 7.70. The summed E-state index contributed by atoms with van der Waals surface area (Å²) in [7, 11) is 0. The standard InChI is InChI=1S/C12H21N3S/c1-3-6-15-7-4-5-10(8-15)11-9(2)14-12(13)16-11/h10H,3-8H2,1-2H3,(H2,13,14). The van der Waals surface area contributed by atoms with Crippen LogP contribution in [0.4, 0.5) is 5.13 Å². The number of thiazole rings is 1. The van der Waals surface area contributed by atoms with Crippen molar-refractivity contribution in [3.8, 4) is 0 Å². The molecule has 1 unspecified atom stereocenters. The molecule has 2 rings (SSSR count). The van der Waals surface area contributed by atoms with Crippen LogP contribution in [0.3, 0.4) is 0 Å². The fourth-order valence-electron chi connectivity index (χ4n) is 2.60. The molecule has 0 aliphatic carbocycles. The number of likely N-dealkylation sites (tertiary alicyclic amines) is 1. The Kier molecular flexibility index (Phi) is 3.82. The number of hydrogen-bond acceptors (Lipinski definition) is 4. The van der Waals surface area contributed by atoms with E-state index >= 15 is 0 Å². The summed E-state index contributed by atoms with van der Waals surface area (Å²) in [6.07, 6.45) is 3.85. The van der Waals surface area contributed by atoms with Crippen LogP contribution < -0.4 is 5.73 Å². The minimum atomic E-state index is 0.662. The molecule has 4 heteroatoms. The number of nitrogens with zero attached hydrogens (tertiary/aromatic N) is 2. The zero-order valence-electron chi connectivity index (χ0n) is 10.2. The zero-order chi connectivity index (χ0) is 11.5. The highest BCUT2D eigenvalue weighted by Gasteiger charge is 2.24. The lowest BCUT2D eigenvalue weighted by atomic mass is 9.95. The molecule has 1 aromatic rings. The number of aromatic nitrogens is 1. The van der Waals surface area contributed by atoms with Crippen LogP contribution in [0.5, 0.6) is 0 Å². The van der Waals surface area contributed by atoms with Crippen molar-refractivity contribution in [3.05, 3.63) is 10.6 Å². The van der Waals surface area contributed by atoms with E-state index in [1.54, 1.807) is 11.3 Å². The highest BCUT2D eigenvalue weighted by molar-refractivity contribution is 7.15. The number of piperidine rings is 1. The second-order valence-corrected chi connectivity index (χ2v) is 5.70. The molecule has 90 valence electrons. The Balaban J connectivity index is 2.06. The third-order valence-electron chi connectivity index (χ3n) is 3.27.